The molecule has 0 unspecified atom stereocenters. The van der Waals surface area contributed by atoms with Crippen LogP contribution in [-0.4, -0.2) is 5.91 Å². The number of nitrogens with two attached hydrogens (primary N) is 1. The molecular weight excluding hydrogens is 210 g/mol. The highest BCUT2D eigenvalue weighted by atomic mass is 16.1. The van der Waals surface area contributed by atoms with Crippen molar-refractivity contribution in [2.75, 3.05) is 0 Å². The van der Waals surface area contributed by atoms with Crippen LogP contribution in [0.3, 0.4) is 0 Å². The molecule has 2 aromatic carbocycles. The fraction of sp³-hybridized carbons (Fsp3) is 0.133. The van der Waals surface area contributed by atoms with Crippen LogP contribution >= 0.6 is 0 Å². The Morgan fingerprint density at radius 1 is 1.06 bits per heavy atom. The van der Waals surface area contributed by atoms with Crippen molar-refractivity contribution < 1.29 is 4.79 Å². The quantitative estimate of drug-likeness (QED) is 0.857. The SMILES string of the molecule is CCc1c(C(N)=O)cccc1-c1ccccc1. The normalized spacial score (nSPS) is 10.2. The van der Waals surface area contributed by atoms with Crippen LogP contribution in [0.1, 0.15) is 22.8 Å². The molecule has 0 saturated heterocycles. The van der Waals surface area contributed by atoms with Gasteiger partial charge in [-0.3, -0.25) is 4.79 Å². The van der Waals surface area contributed by atoms with E-state index < -0.39 is 0 Å². The first kappa shape index (κ1) is 11.4. The molecule has 0 aliphatic heterocycles. The Kier molecular flexibility index (Phi) is 3.24. The Bertz CT molecular complexity index is 532. The summed E-state index contributed by atoms with van der Waals surface area (Å²) < 4.78 is 0. The van der Waals surface area contributed by atoms with Gasteiger partial charge in [-0.2, -0.15) is 0 Å². The summed E-state index contributed by atoms with van der Waals surface area (Å²) >= 11 is 0. The standard InChI is InChI=1S/C15H15NO/c1-2-12-13(11-7-4-3-5-8-11)9-6-10-14(12)15(16)17/h3-10H,2H2,1H3,(H2,16,17). The summed E-state index contributed by atoms with van der Waals surface area (Å²) in [7, 11) is 0. The van der Waals surface area contributed by atoms with Crippen LogP contribution in [0.5, 0.6) is 0 Å². The number of benzene rings is 2. The van der Waals surface area contributed by atoms with Gasteiger partial charge in [0.2, 0.25) is 5.91 Å². The molecule has 86 valence electrons. The molecule has 0 aliphatic carbocycles. The van der Waals surface area contributed by atoms with Gasteiger partial charge in [0.25, 0.3) is 0 Å². The first-order chi connectivity index (χ1) is 8.24. The number of rotatable bonds is 3. The van der Waals surface area contributed by atoms with E-state index in [9.17, 15) is 4.79 Å². The Morgan fingerprint density at radius 2 is 1.76 bits per heavy atom. The third kappa shape index (κ3) is 2.21. The van der Waals surface area contributed by atoms with E-state index >= 15 is 0 Å². The van der Waals surface area contributed by atoms with Crippen molar-refractivity contribution in [3.63, 3.8) is 0 Å². The number of carbonyl (C=O) groups is 1. The van der Waals surface area contributed by atoms with Crippen molar-refractivity contribution in [1.29, 1.82) is 0 Å². The van der Waals surface area contributed by atoms with E-state index in [2.05, 4.69) is 0 Å². The maximum atomic E-state index is 11.4. The molecule has 0 fully saturated rings. The molecule has 0 heterocycles. The second kappa shape index (κ2) is 4.83. The molecule has 2 N–H and O–H groups in total. The zero-order chi connectivity index (χ0) is 12.3. The zero-order valence-electron chi connectivity index (χ0n) is 9.81. The lowest BCUT2D eigenvalue weighted by atomic mass is 9.93. The summed E-state index contributed by atoms with van der Waals surface area (Å²) in [5.74, 6) is -0.361. The van der Waals surface area contributed by atoms with E-state index in [1.165, 1.54) is 0 Å². The van der Waals surface area contributed by atoms with Gasteiger partial charge in [-0.05, 0) is 29.2 Å². The van der Waals surface area contributed by atoms with Crippen molar-refractivity contribution in [3.8, 4) is 11.1 Å². The molecule has 0 saturated carbocycles. The summed E-state index contributed by atoms with van der Waals surface area (Å²) in [5.41, 5.74) is 9.24. The molecule has 2 rings (SSSR count). The molecule has 0 radical (unpaired) electrons. The third-order valence-electron chi connectivity index (χ3n) is 2.88. The van der Waals surface area contributed by atoms with Crippen LogP contribution in [0.4, 0.5) is 0 Å². The number of hydrogen-bond acceptors (Lipinski definition) is 1. The van der Waals surface area contributed by atoms with Crippen LogP contribution in [0.25, 0.3) is 11.1 Å². The van der Waals surface area contributed by atoms with Gasteiger partial charge in [0.05, 0.1) is 0 Å². The lowest BCUT2D eigenvalue weighted by molar-refractivity contribution is 0.0999. The van der Waals surface area contributed by atoms with Crippen LogP contribution in [-0.2, 0) is 6.42 Å². The molecule has 0 spiro atoms. The van der Waals surface area contributed by atoms with E-state index in [1.54, 1.807) is 6.07 Å². The third-order valence-corrected chi connectivity index (χ3v) is 2.88. The van der Waals surface area contributed by atoms with Crippen LogP contribution in [0, 0.1) is 0 Å². The summed E-state index contributed by atoms with van der Waals surface area (Å²) in [6, 6.07) is 15.7. The van der Waals surface area contributed by atoms with Gasteiger partial charge in [-0.1, -0.05) is 49.4 Å². The molecular formula is C15H15NO. The largest absolute Gasteiger partial charge is 0.366 e. The first-order valence-corrected chi connectivity index (χ1v) is 5.71. The molecule has 2 nitrogen and oxygen atoms in total. The van der Waals surface area contributed by atoms with Gasteiger partial charge in [-0.25, -0.2) is 0 Å². The van der Waals surface area contributed by atoms with Crippen molar-refractivity contribution in [3.05, 3.63) is 59.7 Å². The molecule has 2 aromatic rings. The average Bonchev–Trinajstić information content (AvgIpc) is 2.38. The highest BCUT2D eigenvalue weighted by molar-refractivity contribution is 5.96. The fourth-order valence-electron chi connectivity index (χ4n) is 2.09. The minimum Gasteiger partial charge on any atom is -0.366 e. The Labute approximate surface area is 101 Å². The number of carbonyl (C=O) groups excluding carboxylic acids is 1. The maximum absolute atomic E-state index is 11.4. The highest BCUT2D eigenvalue weighted by Crippen LogP contribution is 2.26. The van der Waals surface area contributed by atoms with Gasteiger partial charge in [0.1, 0.15) is 0 Å². The molecule has 1 amide bonds. The Hall–Kier alpha value is -2.09. The zero-order valence-corrected chi connectivity index (χ0v) is 9.81. The van der Waals surface area contributed by atoms with Crippen molar-refractivity contribution in [1.82, 2.24) is 0 Å². The second-order valence-corrected chi connectivity index (χ2v) is 3.92. The minimum absolute atomic E-state index is 0.361. The lowest BCUT2D eigenvalue weighted by Gasteiger charge is -2.11. The van der Waals surface area contributed by atoms with Gasteiger partial charge in [0, 0.05) is 5.56 Å². The monoisotopic (exact) mass is 225 g/mol. The average molecular weight is 225 g/mol. The van der Waals surface area contributed by atoms with Gasteiger partial charge >= 0.3 is 0 Å². The summed E-state index contributed by atoms with van der Waals surface area (Å²) in [6.45, 7) is 2.04. The second-order valence-electron chi connectivity index (χ2n) is 3.92. The van der Waals surface area contributed by atoms with E-state index in [0.717, 1.165) is 23.1 Å². The van der Waals surface area contributed by atoms with E-state index in [1.807, 2.05) is 49.4 Å². The smallest absolute Gasteiger partial charge is 0.248 e. The van der Waals surface area contributed by atoms with Gasteiger partial charge < -0.3 is 5.73 Å². The number of amides is 1. The minimum atomic E-state index is -0.361. The van der Waals surface area contributed by atoms with E-state index in [4.69, 9.17) is 5.73 Å². The molecule has 0 atom stereocenters. The van der Waals surface area contributed by atoms with Crippen LogP contribution < -0.4 is 5.73 Å². The predicted molar refractivity (Wildman–Crippen MR) is 69.8 cm³/mol. The Morgan fingerprint density at radius 3 is 2.35 bits per heavy atom. The van der Waals surface area contributed by atoms with Crippen LogP contribution in [0.15, 0.2) is 48.5 Å². The van der Waals surface area contributed by atoms with E-state index in [-0.39, 0.29) is 5.91 Å². The first-order valence-electron chi connectivity index (χ1n) is 5.71. The van der Waals surface area contributed by atoms with Crippen molar-refractivity contribution in [2.45, 2.75) is 13.3 Å². The van der Waals surface area contributed by atoms with Crippen molar-refractivity contribution in [2.24, 2.45) is 5.73 Å². The summed E-state index contributed by atoms with van der Waals surface area (Å²) in [4.78, 5) is 11.4. The number of primary amides is 1. The summed E-state index contributed by atoms with van der Waals surface area (Å²) in [6.07, 6.45) is 0.795. The van der Waals surface area contributed by atoms with E-state index in [0.29, 0.717) is 5.56 Å². The Balaban J connectivity index is 2.63. The topological polar surface area (TPSA) is 43.1 Å². The summed E-state index contributed by atoms with van der Waals surface area (Å²) in [5, 5.41) is 0. The highest BCUT2D eigenvalue weighted by Gasteiger charge is 2.11. The van der Waals surface area contributed by atoms with Crippen LogP contribution in [0.2, 0.25) is 0 Å². The van der Waals surface area contributed by atoms with Gasteiger partial charge in [-0.15, -0.1) is 0 Å². The number of hydrogen-bond donors (Lipinski definition) is 1. The van der Waals surface area contributed by atoms with Gasteiger partial charge in [0.15, 0.2) is 0 Å². The van der Waals surface area contributed by atoms with Crippen molar-refractivity contribution >= 4 is 5.91 Å². The lowest BCUT2D eigenvalue weighted by Crippen LogP contribution is -2.14. The predicted octanol–water partition coefficient (Wildman–Crippen LogP) is 3.01. The molecule has 0 aromatic heterocycles. The molecule has 17 heavy (non-hydrogen) atoms. The fourth-order valence-corrected chi connectivity index (χ4v) is 2.09. The maximum Gasteiger partial charge on any atom is 0.248 e. The molecule has 2 heteroatoms. The molecule has 0 bridgehead atoms. The molecule has 0 aliphatic rings.